The van der Waals surface area contributed by atoms with Gasteiger partial charge in [-0.25, -0.2) is 9.59 Å². The van der Waals surface area contributed by atoms with E-state index in [-0.39, 0.29) is 11.4 Å². The van der Waals surface area contributed by atoms with E-state index >= 15 is 0 Å². The molecule has 2 heterocycles. The van der Waals surface area contributed by atoms with E-state index < -0.39 is 17.9 Å². The molecule has 0 aromatic rings. The Bertz CT molecular complexity index is 471. The van der Waals surface area contributed by atoms with Gasteiger partial charge in [-0.1, -0.05) is 13.0 Å². The second kappa shape index (κ2) is 4.58. The summed E-state index contributed by atoms with van der Waals surface area (Å²) in [4.78, 5) is 23.8. The zero-order valence-electron chi connectivity index (χ0n) is 11.8. The highest BCUT2D eigenvalue weighted by Crippen LogP contribution is 2.57. The summed E-state index contributed by atoms with van der Waals surface area (Å²) in [6, 6.07) is 0. The van der Waals surface area contributed by atoms with Crippen LogP contribution in [0.3, 0.4) is 0 Å². The molecule has 3 atom stereocenters. The van der Waals surface area contributed by atoms with Gasteiger partial charge in [-0.15, -0.1) is 0 Å². The van der Waals surface area contributed by atoms with Gasteiger partial charge in [-0.3, -0.25) is 0 Å². The van der Waals surface area contributed by atoms with Gasteiger partial charge in [-0.2, -0.15) is 0 Å². The van der Waals surface area contributed by atoms with Gasteiger partial charge in [-0.05, 0) is 32.6 Å². The lowest BCUT2D eigenvalue weighted by molar-refractivity contribution is -0.263. The molecular formula is C15H20O5. The Labute approximate surface area is 118 Å². The number of ether oxygens (including phenoxy) is 3. The van der Waals surface area contributed by atoms with Crippen LogP contribution in [-0.2, 0) is 23.8 Å². The highest BCUT2D eigenvalue weighted by molar-refractivity contribution is 5.87. The Hall–Kier alpha value is -1.36. The normalized spacial score (nSPS) is 39.5. The number of hydrogen-bond acceptors (Lipinski definition) is 5. The lowest BCUT2D eigenvalue weighted by atomic mass is 9.61. The lowest BCUT2D eigenvalue weighted by Crippen LogP contribution is -2.59. The van der Waals surface area contributed by atoms with Crippen molar-refractivity contribution in [2.45, 2.75) is 57.3 Å². The molecule has 5 nitrogen and oxygen atoms in total. The van der Waals surface area contributed by atoms with E-state index in [9.17, 15) is 9.59 Å². The van der Waals surface area contributed by atoms with Crippen molar-refractivity contribution in [1.82, 2.24) is 0 Å². The number of cyclic esters (lactones) is 1. The number of rotatable bonds is 2. The van der Waals surface area contributed by atoms with Crippen LogP contribution >= 0.6 is 0 Å². The minimum atomic E-state index is -0.899. The molecule has 0 spiro atoms. The minimum absolute atomic E-state index is 0.214. The number of hydrogen-bond donors (Lipinski definition) is 0. The fourth-order valence-corrected chi connectivity index (χ4v) is 3.74. The lowest BCUT2D eigenvalue weighted by Gasteiger charge is -2.49. The summed E-state index contributed by atoms with van der Waals surface area (Å²) < 4.78 is 16.6. The number of carbonyl (C=O) groups excluding carboxylic acids is 2. The Kier molecular flexibility index (Phi) is 3.12. The average molecular weight is 280 g/mol. The Balaban J connectivity index is 1.81. The van der Waals surface area contributed by atoms with E-state index in [1.54, 1.807) is 6.92 Å². The van der Waals surface area contributed by atoms with Crippen LogP contribution in [0.4, 0.5) is 0 Å². The van der Waals surface area contributed by atoms with Gasteiger partial charge in [0.15, 0.2) is 5.60 Å². The van der Waals surface area contributed by atoms with Crippen LogP contribution in [0.2, 0.25) is 0 Å². The zero-order valence-corrected chi connectivity index (χ0v) is 11.8. The molecule has 3 aliphatic rings. The molecular weight excluding hydrogens is 260 g/mol. The van der Waals surface area contributed by atoms with Crippen molar-refractivity contribution in [2.24, 2.45) is 5.41 Å². The molecule has 3 rings (SSSR count). The topological polar surface area (TPSA) is 61.8 Å². The second-order valence-electron chi connectivity index (χ2n) is 6.16. The van der Waals surface area contributed by atoms with Crippen LogP contribution in [0.15, 0.2) is 12.2 Å². The number of esters is 2. The third-order valence-electron chi connectivity index (χ3n) is 4.88. The van der Waals surface area contributed by atoms with Crippen molar-refractivity contribution < 1.29 is 23.8 Å². The molecule has 20 heavy (non-hydrogen) atoms. The van der Waals surface area contributed by atoms with Crippen LogP contribution in [-0.4, -0.2) is 30.4 Å². The smallest absolute Gasteiger partial charge is 0.339 e. The summed E-state index contributed by atoms with van der Waals surface area (Å²) in [6.07, 6.45) is 4.38. The molecule has 1 saturated carbocycles. The van der Waals surface area contributed by atoms with Crippen molar-refractivity contribution >= 4 is 11.9 Å². The fourth-order valence-electron chi connectivity index (χ4n) is 3.74. The third-order valence-corrected chi connectivity index (χ3v) is 4.88. The molecule has 2 saturated heterocycles. The molecule has 3 unspecified atom stereocenters. The molecule has 0 amide bonds. The summed E-state index contributed by atoms with van der Waals surface area (Å²) >= 11 is 0. The quantitative estimate of drug-likeness (QED) is 0.572. The first kappa shape index (κ1) is 13.6. The van der Waals surface area contributed by atoms with E-state index in [1.807, 2.05) is 0 Å². The van der Waals surface area contributed by atoms with Crippen molar-refractivity contribution in [2.75, 3.05) is 6.61 Å². The fraction of sp³-hybridized carbons (Fsp3) is 0.733. The molecule has 3 fully saturated rings. The first-order valence-corrected chi connectivity index (χ1v) is 7.21. The highest BCUT2D eigenvalue weighted by atomic mass is 16.7. The van der Waals surface area contributed by atoms with E-state index in [1.165, 1.54) is 0 Å². The molecule has 1 aliphatic carbocycles. The van der Waals surface area contributed by atoms with Crippen LogP contribution < -0.4 is 0 Å². The van der Waals surface area contributed by atoms with Crippen molar-refractivity contribution in [3.63, 3.8) is 0 Å². The van der Waals surface area contributed by atoms with Crippen LogP contribution in [0.5, 0.6) is 0 Å². The van der Waals surface area contributed by atoms with Crippen LogP contribution in [0, 0.1) is 5.41 Å². The largest absolute Gasteiger partial charge is 0.463 e. The summed E-state index contributed by atoms with van der Waals surface area (Å²) in [5.41, 5.74) is -0.779. The predicted octanol–water partition coefficient (Wildman–Crippen LogP) is 2.10. The number of carbonyl (C=O) groups is 2. The molecule has 0 aromatic carbocycles. The van der Waals surface area contributed by atoms with Crippen molar-refractivity contribution in [1.29, 1.82) is 0 Å². The van der Waals surface area contributed by atoms with Crippen LogP contribution in [0.25, 0.3) is 0 Å². The minimum Gasteiger partial charge on any atom is -0.463 e. The Morgan fingerprint density at radius 3 is 2.85 bits per heavy atom. The standard InChI is InChI=1S/C15H20O5/c1-10(2)12(16)19-11-5-8-14-6-3-4-7-15(14,20-11)13(17)18-9-14/h11H,1,3-9H2,2H3. The maximum absolute atomic E-state index is 12.2. The maximum atomic E-state index is 12.2. The van der Waals surface area contributed by atoms with Crippen molar-refractivity contribution in [3.8, 4) is 0 Å². The second-order valence-corrected chi connectivity index (χ2v) is 6.16. The SMILES string of the molecule is C=C(C)C(=O)OC1CCC23CCCCC2(O1)C(=O)OC3. The van der Waals surface area contributed by atoms with E-state index in [0.717, 1.165) is 25.7 Å². The molecule has 0 radical (unpaired) electrons. The van der Waals surface area contributed by atoms with Gasteiger partial charge in [0.05, 0.1) is 0 Å². The molecule has 0 bridgehead atoms. The zero-order chi connectivity index (χ0) is 14.4. The van der Waals surface area contributed by atoms with Gasteiger partial charge >= 0.3 is 11.9 Å². The summed E-state index contributed by atoms with van der Waals surface area (Å²) in [5, 5.41) is 0. The summed E-state index contributed by atoms with van der Waals surface area (Å²) in [5.74, 6) is -0.755. The van der Waals surface area contributed by atoms with Crippen molar-refractivity contribution in [3.05, 3.63) is 12.2 Å². The summed E-state index contributed by atoms with van der Waals surface area (Å²) in [6.45, 7) is 5.59. The van der Waals surface area contributed by atoms with E-state index in [0.29, 0.717) is 25.0 Å². The van der Waals surface area contributed by atoms with Gasteiger partial charge in [0.25, 0.3) is 0 Å². The molecule has 110 valence electrons. The monoisotopic (exact) mass is 280 g/mol. The predicted molar refractivity (Wildman–Crippen MR) is 69.6 cm³/mol. The Morgan fingerprint density at radius 1 is 1.35 bits per heavy atom. The maximum Gasteiger partial charge on any atom is 0.339 e. The van der Waals surface area contributed by atoms with Gasteiger partial charge < -0.3 is 14.2 Å². The third kappa shape index (κ3) is 1.79. The molecule has 0 aromatic heterocycles. The van der Waals surface area contributed by atoms with Gasteiger partial charge in [0.1, 0.15) is 6.61 Å². The van der Waals surface area contributed by atoms with E-state index in [2.05, 4.69) is 6.58 Å². The average Bonchev–Trinajstić information content (AvgIpc) is 2.73. The van der Waals surface area contributed by atoms with Gasteiger partial charge in [0, 0.05) is 17.4 Å². The van der Waals surface area contributed by atoms with E-state index in [4.69, 9.17) is 14.2 Å². The molecule has 5 heteroatoms. The first-order chi connectivity index (χ1) is 9.49. The van der Waals surface area contributed by atoms with Gasteiger partial charge in [0.2, 0.25) is 6.29 Å². The summed E-state index contributed by atoms with van der Waals surface area (Å²) in [7, 11) is 0. The van der Waals surface area contributed by atoms with Crippen LogP contribution in [0.1, 0.15) is 45.4 Å². The molecule has 2 aliphatic heterocycles. The first-order valence-electron chi connectivity index (χ1n) is 7.21. The molecule has 0 N–H and O–H groups in total. The highest BCUT2D eigenvalue weighted by Gasteiger charge is 2.67. The Morgan fingerprint density at radius 2 is 2.10 bits per heavy atom.